The van der Waals surface area contributed by atoms with E-state index in [1.54, 1.807) is 24.3 Å². The van der Waals surface area contributed by atoms with Crippen LogP contribution in [-0.4, -0.2) is 30.6 Å². The van der Waals surface area contributed by atoms with Crippen LogP contribution >= 0.6 is 0 Å². The van der Waals surface area contributed by atoms with Crippen molar-refractivity contribution < 1.29 is 30.6 Å². The van der Waals surface area contributed by atoms with E-state index in [2.05, 4.69) is 72.8 Å². The van der Waals surface area contributed by atoms with E-state index >= 15 is 0 Å². The molecule has 0 amide bonds. The van der Waals surface area contributed by atoms with Crippen LogP contribution in [0.1, 0.15) is 68.9 Å². The Kier molecular flexibility index (Phi) is 9.00. The van der Waals surface area contributed by atoms with Gasteiger partial charge < -0.3 is 30.6 Å². The molecule has 0 aliphatic heterocycles. The molecule has 0 heterocycles. The second-order valence-electron chi connectivity index (χ2n) is 18.3. The van der Waals surface area contributed by atoms with Crippen molar-refractivity contribution in [3.05, 3.63) is 239 Å². The maximum absolute atomic E-state index is 12.2. The number of benzene rings is 13. The van der Waals surface area contributed by atoms with E-state index in [9.17, 15) is 30.6 Å². The molecule has 13 rings (SSSR count). The quantitative estimate of drug-likeness (QED) is 0.0846. The second kappa shape index (κ2) is 15.2. The summed E-state index contributed by atoms with van der Waals surface area (Å²) in [7, 11) is 0. The molecule has 6 heteroatoms. The zero-order valence-corrected chi connectivity index (χ0v) is 36.5. The van der Waals surface area contributed by atoms with Gasteiger partial charge in [-0.25, -0.2) is 0 Å². The standard InChI is InChI=1S/C62H42O6/c63-45-23-21-35-25-43(19-17-37(35)27-45)61(67)53-31-41-7-1-9-47-51(29-39-5-3-11-49(53)57(39)55(41)47)59(65)33-13-15-34(16-14-33)60(66)52-30-40-6-4-12-50-54(32-42-8-2-10-48(52)56(42)58(40)50)62(68)44-20-18-38-28-46(64)24-22-36(38)26-44/h1-32,59-68H. The predicted octanol–water partition coefficient (Wildman–Crippen LogP) is 13.5. The average Bonchev–Trinajstić information content (AvgIpc) is 3.37. The summed E-state index contributed by atoms with van der Waals surface area (Å²) in [6.07, 6.45) is -3.71. The Morgan fingerprint density at radius 3 is 0.824 bits per heavy atom. The molecule has 0 bridgehead atoms. The van der Waals surface area contributed by atoms with Gasteiger partial charge in [-0.3, -0.25) is 0 Å². The van der Waals surface area contributed by atoms with E-state index in [0.29, 0.717) is 11.1 Å². The Labute approximate surface area is 389 Å². The molecule has 0 radical (unpaired) electrons. The molecule has 0 aliphatic rings. The van der Waals surface area contributed by atoms with Crippen LogP contribution in [0.2, 0.25) is 0 Å². The highest BCUT2D eigenvalue weighted by Gasteiger charge is 2.25. The van der Waals surface area contributed by atoms with E-state index in [4.69, 9.17) is 0 Å². The van der Waals surface area contributed by atoms with Gasteiger partial charge in [-0.1, -0.05) is 133 Å². The molecule has 13 aromatic carbocycles. The molecule has 0 aliphatic carbocycles. The molecule has 326 valence electrons. The summed E-state index contributed by atoms with van der Waals surface area (Å²) in [5, 5.41) is 83.6. The van der Waals surface area contributed by atoms with Crippen LogP contribution in [0.5, 0.6) is 11.5 Å². The topological polar surface area (TPSA) is 121 Å². The van der Waals surface area contributed by atoms with Gasteiger partial charge in [0.1, 0.15) is 35.9 Å². The van der Waals surface area contributed by atoms with Crippen molar-refractivity contribution >= 4 is 86.2 Å². The molecular formula is C62H42O6. The van der Waals surface area contributed by atoms with Gasteiger partial charge in [-0.05, 0) is 191 Å². The number of aromatic hydroxyl groups is 2. The first-order chi connectivity index (χ1) is 33.2. The lowest BCUT2D eigenvalue weighted by Crippen LogP contribution is -2.06. The SMILES string of the molecule is Oc1ccc2cc(C(O)c3cc4cccc5c(C(O)c6ccc(C(O)c7cc8cccc9c(C(O)c%10ccc%11cc(O)ccc%11c%10)cc%10cccc7c%10c89)cc6)cc6cccc3c6c45)ccc2c1. The van der Waals surface area contributed by atoms with Crippen LogP contribution in [0.3, 0.4) is 0 Å². The Bertz CT molecular complexity index is 3870. The largest absolute Gasteiger partial charge is 0.508 e. The smallest absolute Gasteiger partial charge is 0.116 e. The first-order valence-corrected chi connectivity index (χ1v) is 22.8. The molecule has 0 fully saturated rings. The number of phenols is 2. The fourth-order valence-corrected chi connectivity index (χ4v) is 11.1. The summed E-state index contributed by atoms with van der Waals surface area (Å²) in [5.41, 5.74) is 6.04. The number of aliphatic hydroxyl groups excluding tert-OH is 4. The summed E-state index contributed by atoms with van der Waals surface area (Å²) in [6, 6.07) is 62.3. The third-order valence-corrected chi connectivity index (χ3v) is 14.4. The molecule has 4 unspecified atom stereocenters. The normalized spacial score (nSPS) is 14.1. The molecule has 0 aromatic heterocycles. The zero-order valence-electron chi connectivity index (χ0n) is 36.5. The summed E-state index contributed by atoms with van der Waals surface area (Å²) in [5.74, 6) is 0.401. The third kappa shape index (κ3) is 6.20. The van der Waals surface area contributed by atoms with E-state index in [-0.39, 0.29) is 11.5 Å². The van der Waals surface area contributed by atoms with Gasteiger partial charge in [0.15, 0.2) is 0 Å². The van der Waals surface area contributed by atoms with Crippen molar-refractivity contribution in [2.75, 3.05) is 0 Å². The summed E-state index contributed by atoms with van der Waals surface area (Å²) < 4.78 is 0. The number of aliphatic hydroxyl groups is 4. The highest BCUT2D eigenvalue weighted by molar-refractivity contribution is 6.26. The van der Waals surface area contributed by atoms with Crippen LogP contribution in [-0.2, 0) is 0 Å². The average molecular weight is 883 g/mol. The highest BCUT2D eigenvalue weighted by atomic mass is 16.3. The maximum atomic E-state index is 12.2. The lowest BCUT2D eigenvalue weighted by molar-refractivity contribution is 0.218. The first-order valence-electron chi connectivity index (χ1n) is 22.8. The zero-order chi connectivity index (χ0) is 45.9. The van der Waals surface area contributed by atoms with Gasteiger partial charge in [-0.15, -0.1) is 0 Å². The van der Waals surface area contributed by atoms with Crippen LogP contribution in [0.15, 0.2) is 194 Å². The summed E-state index contributed by atoms with van der Waals surface area (Å²) >= 11 is 0. The fourth-order valence-electron chi connectivity index (χ4n) is 11.1. The van der Waals surface area contributed by atoms with Gasteiger partial charge in [0.2, 0.25) is 0 Å². The number of rotatable bonds is 8. The lowest BCUT2D eigenvalue weighted by Gasteiger charge is -2.23. The number of fused-ring (bicyclic) bond motifs is 2. The second-order valence-corrected chi connectivity index (χ2v) is 18.3. The first kappa shape index (κ1) is 40.2. The van der Waals surface area contributed by atoms with Gasteiger partial charge in [-0.2, -0.15) is 0 Å². The minimum atomic E-state index is -0.961. The van der Waals surface area contributed by atoms with Gasteiger partial charge in [0.25, 0.3) is 0 Å². The molecule has 4 atom stereocenters. The van der Waals surface area contributed by atoms with Crippen LogP contribution < -0.4 is 0 Å². The van der Waals surface area contributed by atoms with Crippen LogP contribution in [0.25, 0.3) is 86.2 Å². The van der Waals surface area contributed by atoms with Crippen molar-refractivity contribution in [3.63, 3.8) is 0 Å². The molecular weight excluding hydrogens is 841 g/mol. The van der Waals surface area contributed by atoms with Crippen LogP contribution in [0, 0.1) is 0 Å². The molecule has 0 saturated heterocycles. The molecule has 6 N–H and O–H groups in total. The number of hydrogen-bond acceptors (Lipinski definition) is 6. The van der Waals surface area contributed by atoms with E-state index in [1.807, 2.05) is 97.1 Å². The van der Waals surface area contributed by atoms with Crippen LogP contribution in [0.4, 0.5) is 0 Å². The van der Waals surface area contributed by atoms with Crippen molar-refractivity contribution in [1.82, 2.24) is 0 Å². The van der Waals surface area contributed by atoms with Gasteiger partial charge in [0.05, 0.1) is 0 Å². The van der Waals surface area contributed by atoms with Crippen molar-refractivity contribution in [2.45, 2.75) is 24.4 Å². The fraction of sp³-hybridized carbons (Fsp3) is 0.0645. The number of phenolic OH excluding ortho intramolecular Hbond substituents is 2. The number of hydrogen-bond donors (Lipinski definition) is 6. The van der Waals surface area contributed by atoms with Gasteiger partial charge in [0, 0.05) is 0 Å². The minimum Gasteiger partial charge on any atom is -0.508 e. The Morgan fingerprint density at radius 1 is 0.235 bits per heavy atom. The van der Waals surface area contributed by atoms with Gasteiger partial charge >= 0.3 is 0 Å². The Hall–Kier alpha value is -8.10. The summed E-state index contributed by atoms with van der Waals surface area (Å²) in [6.45, 7) is 0. The molecule has 0 saturated carbocycles. The predicted molar refractivity (Wildman–Crippen MR) is 274 cm³/mol. The molecule has 68 heavy (non-hydrogen) atoms. The minimum absolute atomic E-state index is 0.200. The monoisotopic (exact) mass is 882 g/mol. The Morgan fingerprint density at radius 2 is 0.500 bits per heavy atom. The van der Waals surface area contributed by atoms with E-state index in [1.165, 1.54) is 0 Å². The third-order valence-electron chi connectivity index (χ3n) is 14.4. The van der Waals surface area contributed by atoms with Crippen molar-refractivity contribution in [1.29, 1.82) is 0 Å². The van der Waals surface area contributed by atoms with Crippen molar-refractivity contribution in [2.24, 2.45) is 0 Å². The highest BCUT2D eigenvalue weighted by Crippen LogP contribution is 2.46. The van der Waals surface area contributed by atoms with E-state index < -0.39 is 24.4 Å². The Balaban J connectivity index is 0.843. The van der Waals surface area contributed by atoms with Crippen molar-refractivity contribution in [3.8, 4) is 11.5 Å². The molecule has 0 spiro atoms. The maximum Gasteiger partial charge on any atom is 0.116 e. The molecule has 6 nitrogen and oxygen atoms in total. The lowest BCUT2D eigenvalue weighted by atomic mass is 9.84. The van der Waals surface area contributed by atoms with E-state index in [0.717, 1.165) is 120 Å². The molecule has 13 aromatic rings. The summed E-state index contributed by atoms with van der Waals surface area (Å²) in [4.78, 5) is 0.